The van der Waals surface area contributed by atoms with E-state index in [0.29, 0.717) is 11.8 Å². The third kappa shape index (κ3) is 4.31. The molecule has 1 amide bonds. The molecule has 0 bridgehead atoms. The summed E-state index contributed by atoms with van der Waals surface area (Å²) in [5, 5.41) is 0. The average Bonchev–Trinajstić information content (AvgIpc) is 2.46. The van der Waals surface area contributed by atoms with Crippen LogP contribution in [0, 0.1) is 5.92 Å². The zero-order valence-electron chi connectivity index (χ0n) is 13.8. The minimum atomic E-state index is 0.138. The molecule has 1 unspecified atom stereocenters. The van der Waals surface area contributed by atoms with E-state index >= 15 is 0 Å². The second-order valence-corrected chi connectivity index (χ2v) is 6.73. The van der Waals surface area contributed by atoms with Crippen LogP contribution in [0.5, 0.6) is 0 Å². The summed E-state index contributed by atoms with van der Waals surface area (Å²) in [6, 6.07) is 8.06. The number of piperidine rings is 1. The summed E-state index contributed by atoms with van der Waals surface area (Å²) in [6.07, 6.45) is 2.47. The largest absolute Gasteiger partial charge is 0.341 e. The average molecular weight is 288 g/mol. The molecule has 3 nitrogen and oxygen atoms in total. The molecule has 0 spiro atoms. The molecule has 0 saturated carbocycles. The van der Waals surface area contributed by atoms with Crippen molar-refractivity contribution in [2.75, 3.05) is 33.7 Å². The van der Waals surface area contributed by atoms with E-state index < -0.39 is 0 Å². The molecule has 2 rings (SSSR count). The molecule has 1 aliphatic rings. The lowest BCUT2D eigenvalue weighted by Crippen LogP contribution is -2.40. The monoisotopic (exact) mass is 288 g/mol. The van der Waals surface area contributed by atoms with Gasteiger partial charge >= 0.3 is 0 Å². The van der Waals surface area contributed by atoms with Gasteiger partial charge in [-0.2, -0.15) is 0 Å². The molecule has 1 saturated heterocycles. The number of rotatable bonds is 4. The third-order valence-electron chi connectivity index (χ3n) is 4.43. The normalized spacial score (nSPS) is 19.8. The fraction of sp³-hybridized carbons (Fsp3) is 0.611. The van der Waals surface area contributed by atoms with Crippen LogP contribution in [0.4, 0.5) is 0 Å². The van der Waals surface area contributed by atoms with Gasteiger partial charge in [0, 0.05) is 25.7 Å². The maximum absolute atomic E-state index is 12.5. The molecule has 21 heavy (non-hydrogen) atoms. The summed E-state index contributed by atoms with van der Waals surface area (Å²) in [5.74, 6) is 1.25. The van der Waals surface area contributed by atoms with Crippen LogP contribution in [-0.2, 0) is 0 Å². The van der Waals surface area contributed by atoms with Gasteiger partial charge in [0.1, 0.15) is 0 Å². The molecule has 1 aliphatic heterocycles. The first-order valence-corrected chi connectivity index (χ1v) is 8.01. The van der Waals surface area contributed by atoms with Gasteiger partial charge < -0.3 is 9.80 Å². The topological polar surface area (TPSA) is 23.6 Å². The van der Waals surface area contributed by atoms with Gasteiger partial charge in [0.05, 0.1) is 0 Å². The summed E-state index contributed by atoms with van der Waals surface area (Å²) < 4.78 is 0. The summed E-state index contributed by atoms with van der Waals surface area (Å²) in [7, 11) is 4.09. The first kappa shape index (κ1) is 16.0. The molecule has 1 heterocycles. The summed E-state index contributed by atoms with van der Waals surface area (Å²) in [6.45, 7) is 7.48. The maximum Gasteiger partial charge on any atom is 0.253 e. The first-order valence-electron chi connectivity index (χ1n) is 8.01. The first-order chi connectivity index (χ1) is 9.97. The number of hydrogen-bond donors (Lipinski definition) is 0. The molecule has 1 fully saturated rings. The Morgan fingerprint density at radius 1 is 1.33 bits per heavy atom. The van der Waals surface area contributed by atoms with Crippen LogP contribution in [0.15, 0.2) is 24.3 Å². The van der Waals surface area contributed by atoms with Gasteiger partial charge in [-0.25, -0.2) is 0 Å². The smallest absolute Gasteiger partial charge is 0.253 e. The Balaban J connectivity index is 1.95. The van der Waals surface area contributed by atoms with Crippen molar-refractivity contribution in [3.8, 4) is 0 Å². The van der Waals surface area contributed by atoms with Gasteiger partial charge in [0.2, 0.25) is 0 Å². The Kier molecular flexibility index (Phi) is 5.40. The minimum Gasteiger partial charge on any atom is -0.341 e. The van der Waals surface area contributed by atoms with Crippen LogP contribution in [-0.4, -0.2) is 49.4 Å². The lowest BCUT2D eigenvalue weighted by Gasteiger charge is -2.32. The molecule has 1 aromatic rings. The number of hydrogen-bond acceptors (Lipinski definition) is 2. The molecular weight excluding hydrogens is 260 g/mol. The summed E-state index contributed by atoms with van der Waals surface area (Å²) >= 11 is 0. The van der Waals surface area contributed by atoms with E-state index in [-0.39, 0.29) is 5.91 Å². The van der Waals surface area contributed by atoms with Crippen molar-refractivity contribution in [1.82, 2.24) is 9.80 Å². The number of carbonyl (C=O) groups excluding carboxylic acids is 1. The van der Waals surface area contributed by atoms with E-state index in [1.807, 2.05) is 24.1 Å². The van der Waals surface area contributed by atoms with Gasteiger partial charge in [-0.05, 0) is 56.0 Å². The summed E-state index contributed by atoms with van der Waals surface area (Å²) in [4.78, 5) is 16.7. The molecule has 3 heteroatoms. The van der Waals surface area contributed by atoms with E-state index in [1.54, 1.807) is 0 Å². The maximum atomic E-state index is 12.5. The number of carbonyl (C=O) groups is 1. The van der Waals surface area contributed by atoms with Gasteiger partial charge in [0.25, 0.3) is 5.91 Å². The molecule has 0 aromatic heterocycles. The fourth-order valence-electron chi connectivity index (χ4n) is 3.12. The molecule has 0 aliphatic carbocycles. The second kappa shape index (κ2) is 7.08. The van der Waals surface area contributed by atoms with Crippen molar-refractivity contribution in [2.45, 2.75) is 32.6 Å². The van der Waals surface area contributed by atoms with Gasteiger partial charge in [-0.15, -0.1) is 0 Å². The van der Waals surface area contributed by atoms with Gasteiger partial charge in [0.15, 0.2) is 0 Å². The Hall–Kier alpha value is -1.35. The van der Waals surface area contributed by atoms with Crippen LogP contribution < -0.4 is 0 Å². The Bertz CT molecular complexity index is 467. The number of nitrogens with zero attached hydrogens (tertiary/aromatic N) is 2. The van der Waals surface area contributed by atoms with E-state index in [1.165, 1.54) is 24.9 Å². The van der Waals surface area contributed by atoms with Crippen molar-refractivity contribution in [2.24, 2.45) is 5.92 Å². The van der Waals surface area contributed by atoms with Crippen LogP contribution in [0.25, 0.3) is 0 Å². The lowest BCUT2D eigenvalue weighted by molar-refractivity contribution is 0.0741. The highest BCUT2D eigenvalue weighted by Gasteiger charge is 2.21. The fourth-order valence-corrected chi connectivity index (χ4v) is 3.12. The number of benzene rings is 1. The predicted octanol–water partition coefficient (Wildman–Crippen LogP) is 3.22. The van der Waals surface area contributed by atoms with E-state index in [0.717, 1.165) is 18.7 Å². The van der Waals surface area contributed by atoms with Crippen LogP contribution in [0.3, 0.4) is 0 Å². The molecule has 0 N–H and O–H groups in total. The van der Waals surface area contributed by atoms with Crippen molar-refractivity contribution < 1.29 is 4.79 Å². The Labute approximate surface area is 128 Å². The number of amides is 1. The molecule has 116 valence electrons. The SMILES string of the molecule is CC(C)c1ccc(C(=O)N(C)CC2CCCN(C)C2)cc1. The highest BCUT2D eigenvalue weighted by molar-refractivity contribution is 5.94. The van der Waals surface area contributed by atoms with Gasteiger partial charge in [-0.3, -0.25) is 4.79 Å². The highest BCUT2D eigenvalue weighted by atomic mass is 16.2. The second-order valence-electron chi connectivity index (χ2n) is 6.73. The van der Waals surface area contributed by atoms with E-state index in [9.17, 15) is 4.79 Å². The van der Waals surface area contributed by atoms with Crippen LogP contribution >= 0.6 is 0 Å². The number of likely N-dealkylation sites (tertiary alicyclic amines) is 1. The van der Waals surface area contributed by atoms with E-state index in [4.69, 9.17) is 0 Å². The Morgan fingerprint density at radius 2 is 2.00 bits per heavy atom. The quantitative estimate of drug-likeness (QED) is 0.849. The zero-order chi connectivity index (χ0) is 15.4. The van der Waals surface area contributed by atoms with Gasteiger partial charge in [-0.1, -0.05) is 26.0 Å². The lowest BCUT2D eigenvalue weighted by atomic mass is 9.97. The standard InChI is InChI=1S/C18H28N2O/c1-14(2)16-7-9-17(10-8-16)18(21)20(4)13-15-6-5-11-19(3)12-15/h7-10,14-15H,5-6,11-13H2,1-4H3. The third-order valence-corrected chi connectivity index (χ3v) is 4.43. The molecule has 1 aromatic carbocycles. The van der Waals surface area contributed by atoms with Crippen LogP contribution in [0.1, 0.15) is 48.5 Å². The molecular formula is C18H28N2O. The van der Waals surface area contributed by atoms with E-state index in [2.05, 4.69) is 37.9 Å². The van der Waals surface area contributed by atoms with Crippen LogP contribution in [0.2, 0.25) is 0 Å². The zero-order valence-corrected chi connectivity index (χ0v) is 13.8. The predicted molar refractivity (Wildman–Crippen MR) is 87.7 cm³/mol. The summed E-state index contributed by atoms with van der Waals surface area (Å²) in [5.41, 5.74) is 2.08. The van der Waals surface area contributed by atoms with Crippen molar-refractivity contribution in [3.05, 3.63) is 35.4 Å². The van der Waals surface area contributed by atoms with Crippen molar-refractivity contribution in [3.63, 3.8) is 0 Å². The highest BCUT2D eigenvalue weighted by Crippen LogP contribution is 2.18. The van der Waals surface area contributed by atoms with Crippen molar-refractivity contribution >= 4 is 5.91 Å². The minimum absolute atomic E-state index is 0.138. The Morgan fingerprint density at radius 3 is 2.57 bits per heavy atom. The molecule has 1 atom stereocenters. The van der Waals surface area contributed by atoms with Crippen molar-refractivity contribution in [1.29, 1.82) is 0 Å². The molecule has 0 radical (unpaired) electrons.